The smallest absolute Gasteiger partial charge is 0.269 e. The van der Waals surface area contributed by atoms with E-state index in [0.717, 1.165) is 40.6 Å². The molecule has 2 bridgehead atoms. The van der Waals surface area contributed by atoms with E-state index in [1.165, 1.54) is 25.7 Å². The predicted octanol–water partition coefficient (Wildman–Crippen LogP) is 5.15. The number of benzene rings is 1. The van der Waals surface area contributed by atoms with Gasteiger partial charge in [-0.05, 0) is 62.0 Å². The van der Waals surface area contributed by atoms with Gasteiger partial charge in [-0.2, -0.15) is 0 Å². The maximum absolute atomic E-state index is 11.0. The molecule has 0 N–H and O–H groups in total. The number of fused-ring (bicyclic) bond motifs is 3. The van der Waals surface area contributed by atoms with E-state index >= 15 is 0 Å². The zero-order valence-corrected chi connectivity index (χ0v) is 16.6. The Bertz CT molecular complexity index is 763. The predicted molar refractivity (Wildman–Crippen MR) is 107 cm³/mol. The van der Waals surface area contributed by atoms with E-state index in [9.17, 15) is 10.1 Å². The molecule has 0 aromatic heterocycles. The molecule has 0 amide bonds. The Morgan fingerprint density at radius 1 is 1.42 bits per heavy atom. The van der Waals surface area contributed by atoms with Crippen molar-refractivity contribution in [2.75, 3.05) is 12.3 Å². The zero-order chi connectivity index (χ0) is 18.5. The number of hydrogen-bond acceptors (Lipinski definition) is 4. The molecule has 1 spiro atoms. The summed E-state index contributed by atoms with van der Waals surface area (Å²) in [7, 11) is 0. The molecule has 2 aliphatic carbocycles. The Balaban J connectivity index is 1.67. The number of thioether (sulfide) groups is 1. The van der Waals surface area contributed by atoms with Crippen LogP contribution in [0.5, 0.6) is 0 Å². The summed E-state index contributed by atoms with van der Waals surface area (Å²) in [6.07, 6.45) is 5.47. The topological polar surface area (TPSA) is 58.7 Å². The van der Waals surface area contributed by atoms with Crippen molar-refractivity contribution in [3.05, 3.63) is 33.9 Å². The van der Waals surface area contributed by atoms with Crippen LogP contribution in [-0.2, 0) is 0 Å². The molecule has 3 atom stereocenters. The van der Waals surface area contributed by atoms with Gasteiger partial charge in [0.25, 0.3) is 5.69 Å². The lowest BCUT2D eigenvalue weighted by molar-refractivity contribution is -0.384. The van der Waals surface area contributed by atoms with Gasteiger partial charge in [0, 0.05) is 24.4 Å². The number of aryl methyl sites for hydroxylation is 1. The molecule has 3 unspecified atom stereocenters. The van der Waals surface area contributed by atoms with Crippen molar-refractivity contribution in [1.82, 2.24) is 4.90 Å². The van der Waals surface area contributed by atoms with Gasteiger partial charge in [0.2, 0.25) is 0 Å². The van der Waals surface area contributed by atoms with Gasteiger partial charge >= 0.3 is 0 Å². The SMILES string of the molecule is Cc1cc([N+](=O)[O-])ccc1/N=C1\SCC2(CC3CCC2C3)N1CC(C)C. The maximum Gasteiger partial charge on any atom is 0.269 e. The first-order valence-electron chi connectivity index (χ1n) is 9.63. The molecule has 140 valence electrons. The Morgan fingerprint density at radius 3 is 2.81 bits per heavy atom. The number of hydrogen-bond donors (Lipinski definition) is 0. The highest BCUT2D eigenvalue weighted by atomic mass is 32.2. The second-order valence-electron chi connectivity index (χ2n) is 8.60. The summed E-state index contributed by atoms with van der Waals surface area (Å²) in [6.45, 7) is 7.50. The molecule has 4 rings (SSSR count). The summed E-state index contributed by atoms with van der Waals surface area (Å²) < 4.78 is 0. The fourth-order valence-corrected chi connectivity index (χ4v) is 6.62. The number of aliphatic imine (C=N–C) groups is 1. The molecule has 2 saturated carbocycles. The average molecular weight is 374 g/mol. The minimum Gasteiger partial charge on any atom is -0.344 e. The number of non-ortho nitro benzene ring substituents is 1. The van der Waals surface area contributed by atoms with E-state index in [0.29, 0.717) is 11.5 Å². The number of nitrogens with zero attached hydrogens (tertiary/aromatic N) is 3. The van der Waals surface area contributed by atoms with Gasteiger partial charge < -0.3 is 4.90 Å². The molecule has 1 aromatic carbocycles. The van der Waals surface area contributed by atoms with Gasteiger partial charge in [-0.25, -0.2) is 4.99 Å². The van der Waals surface area contributed by atoms with Crippen LogP contribution in [0.3, 0.4) is 0 Å². The Morgan fingerprint density at radius 2 is 2.23 bits per heavy atom. The quantitative estimate of drug-likeness (QED) is 0.541. The van der Waals surface area contributed by atoms with E-state index in [2.05, 4.69) is 18.7 Å². The maximum atomic E-state index is 11.0. The van der Waals surface area contributed by atoms with Gasteiger partial charge in [-0.15, -0.1) is 0 Å². The molecule has 1 saturated heterocycles. The number of nitro benzene ring substituents is 1. The molecular formula is C20H27N3O2S. The average Bonchev–Trinajstić information content (AvgIpc) is 3.26. The summed E-state index contributed by atoms with van der Waals surface area (Å²) in [5, 5.41) is 12.1. The summed E-state index contributed by atoms with van der Waals surface area (Å²) in [5.41, 5.74) is 2.15. The molecule has 1 heterocycles. The highest BCUT2D eigenvalue weighted by molar-refractivity contribution is 8.14. The largest absolute Gasteiger partial charge is 0.344 e. The number of rotatable bonds is 4. The first-order valence-corrected chi connectivity index (χ1v) is 10.6. The minimum absolute atomic E-state index is 0.133. The third kappa shape index (κ3) is 2.92. The summed E-state index contributed by atoms with van der Waals surface area (Å²) >= 11 is 1.88. The monoisotopic (exact) mass is 373 g/mol. The summed E-state index contributed by atoms with van der Waals surface area (Å²) in [6, 6.07) is 4.98. The van der Waals surface area contributed by atoms with E-state index in [-0.39, 0.29) is 10.6 Å². The highest BCUT2D eigenvalue weighted by Crippen LogP contribution is 2.57. The molecule has 3 fully saturated rings. The van der Waals surface area contributed by atoms with Crippen molar-refractivity contribution in [3.63, 3.8) is 0 Å². The van der Waals surface area contributed by atoms with Gasteiger partial charge in [0.05, 0.1) is 16.1 Å². The molecule has 6 heteroatoms. The van der Waals surface area contributed by atoms with Crippen molar-refractivity contribution in [2.45, 2.75) is 52.0 Å². The van der Waals surface area contributed by atoms with E-state index < -0.39 is 0 Å². The van der Waals surface area contributed by atoms with Crippen molar-refractivity contribution in [2.24, 2.45) is 22.7 Å². The molecule has 1 aliphatic heterocycles. The second kappa shape index (κ2) is 6.55. The molecule has 26 heavy (non-hydrogen) atoms. The van der Waals surface area contributed by atoms with Crippen molar-refractivity contribution in [3.8, 4) is 0 Å². The normalized spacial score (nSPS) is 31.7. The lowest BCUT2D eigenvalue weighted by atomic mass is 9.81. The first-order chi connectivity index (χ1) is 12.4. The fraction of sp³-hybridized carbons (Fsp3) is 0.650. The van der Waals surface area contributed by atoms with Gasteiger partial charge in [0.1, 0.15) is 0 Å². The van der Waals surface area contributed by atoms with Crippen molar-refractivity contribution < 1.29 is 4.92 Å². The van der Waals surface area contributed by atoms with Crippen LogP contribution in [0, 0.1) is 34.8 Å². The van der Waals surface area contributed by atoms with E-state index in [1.807, 2.05) is 18.7 Å². The summed E-state index contributed by atoms with van der Waals surface area (Å²) in [5.74, 6) is 3.44. The van der Waals surface area contributed by atoms with Crippen LogP contribution in [-0.4, -0.2) is 32.8 Å². The standard InChI is InChI=1S/C20H27N3O2S/c1-13(2)11-22-19(21-18-7-6-17(23(24)25)8-14(18)3)26-12-20(22)10-15-4-5-16(20)9-15/h6-8,13,15-16H,4-5,9-12H2,1-3H3/b21-19-. The second-order valence-corrected chi connectivity index (χ2v) is 9.54. The molecule has 3 aliphatic rings. The van der Waals surface area contributed by atoms with Crippen LogP contribution in [0.15, 0.2) is 23.2 Å². The fourth-order valence-electron chi connectivity index (χ4n) is 5.16. The molecule has 0 radical (unpaired) electrons. The minimum atomic E-state index is -0.344. The Hall–Kier alpha value is -1.56. The lowest BCUT2D eigenvalue weighted by Crippen LogP contribution is -2.52. The lowest BCUT2D eigenvalue weighted by Gasteiger charge is -2.43. The molecule has 5 nitrogen and oxygen atoms in total. The third-order valence-electron chi connectivity index (χ3n) is 6.32. The van der Waals surface area contributed by atoms with Crippen molar-refractivity contribution >= 4 is 28.3 Å². The van der Waals surface area contributed by atoms with E-state index in [4.69, 9.17) is 4.99 Å². The van der Waals surface area contributed by atoms with Crippen LogP contribution in [0.2, 0.25) is 0 Å². The molecule has 1 aromatic rings. The van der Waals surface area contributed by atoms with Crippen LogP contribution < -0.4 is 0 Å². The van der Waals surface area contributed by atoms with Gasteiger partial charge in [-0.3, -0.25) is 10.1 Å². The highest BCUT2D eigenvalue weighted by Gasteiger charge is 2.57. The van der Waals surface area contributed by atoms with E-state index in [1.54, 1.807) is 18.2 Å². The van der Waals surface area contributed by atoms with Crippen LogP contribution >= 0.6 is 11.8 Å². The first kappa shape index (κ1) is 17.8. The van der Waals surface area contributed by atoms with Crippen molar-refractivity contribution in [1.29, 1.82) is 0 Å². The summed E-state index contributed by atoms with van der Waals surface area (Å²) in [4.78, 5) is 18.2. The van der Waals surface area contributed by atoms with Crippen LogP contribution in [0.1, 0.15) is 45.1 Å². The zero-order valence-electron chi connectivity index (χ0n) is 15.8. The Labute approximate surface area is 159 Å². The number of nitro groups is 1. The number of amidine groups is 1. The van der Waals surface area contributed by atoms with Crippen LogP contribution in [0.4, 0.5) is 11.4 Å². The Kier molecular flexibility index (Phi) is 4.49. The third-order valence-corrected chi connectivity index (χ3v) is 7.53. The van der Waals surface area contributed by atoms with Gasteiger partial charge in [0.15, 0.2) is 5.17 Å². The molecular weight excluding hydrogens is 346 g/mol. The van der Waals surface area contributed by atoms with Gasteiger partial charge in [-0.1, -0.05) is 25.6 Å². The van der Waals surface area contributed by atoms with Crippen LogP contribution in [0.25, 0.3) is 0 Å².